The summed E-state index contributed by atoms with van der Waals surface area (Å²) < 4.78 is 18.7. The molecule has 0 saturated carbocycles. The number of benzene rings is 1. The first-order valence-electron chi connectivity index (χ1n) is 4.70. The van der Waals surface area contributed by atoms with E-state index in [0.29, 0.717) is 16.3 Å². The van der Waals surface area contributed by atoms with Gasteiger partial charge in [-0.3, -0.25) is 0 Å². The molecule has 0 radical (unpaired) electrons. The molecule has 17 heavy (non-hydrogen) atoms. The van der Waals surface area contributed by atoms with Crippen LogP contribution in [0.1, 0.15) is 0 Å². The Hall–Kier alpha value is -1.88. The number of methoxy groups -OCH3 is 1. The lowest BCUT2D eigenvalue weighted by Gasteiger charge is -2.09. The van der Waals surface area contributed by atoms with Crippen molar-refractivity contribution in [3.05, 3.63) is 45.7 Å². The Morgan fingerprint density at radius 1 is 1.47 bits per heavy atom. The molecule has 1 N–H and O–H groups in total. The Kier molecular flexibility index (Phi) is 3.10. The summed E-state index contributed by atoms with van der Waals surface area (Å²) in [4.78, 5) is 16.7. The van der Waals surface area contributed by atoms with Gasteiger partial charge in [-0.05, 0) is 18.2 Å². The average molecular weight is 255 g/mol. The van der Waals surface area contributed by atoms with E-state index in [1.165, 1.54) is 13.2 Å². The van der Waals surface area contributed by atoms with Crippen LogP contribution in [0.3, 0.4) is 0 Å². The van der Waals surface area contributed by atoms with Crippen molar-refractivity contribution in [2.45, 2.75) is 0 Å². The maximum atomic E-state index is 13.6. The number of rotatable bonds is 2. The lowest BCUT2D eigenvalue weighted by molar-refractivity contribution is 0.416. The fourth-order valence-corrected chi connectivity index (χ4v) is 1.62. The number of hydrogen-bond acceptors (Lipinski definition) is 3. The molecule has 2 rings (SSSR count). The van der Waals surface area contributed by atoms with Gasteiger partial charge in [0.1, 0.15) is 5.75 Å². The van der Waals surface area contributed by atoms with Crippen molar-refractivity contribution in [3.8, 4) is 17.0 Å². The summed E-state index contributed by atoms with van der Waals surface area (Å²) in [6.45, 7) is 0. The van der Waals surface area contributed by atoms with Gasteiger partial charge in [-0.15, -0.1) is 0 Å². The predicted molar refractivity (Wildman–Crippen MR) is 61.8 cm³/mol. The Balaban J connectivity index is 2.70. The predicted octanol–water partition coefficient (Wildman–Crippen LogP) is 2.24. The van der Waals surface area contributed by atoms with Crippen molar-refractivity contribution in [2.75, 3.05) is 7.11 Å². The summed E-state index contributed by atoms with van der Waals surface area (Å²) >= 11 is 5.83. The number of ether oxygens (including phenoxy) is 1. The first-order valence-corrected chi connectivity index (χ1v) is 5.08. The standard InChI is InChI=1S/C11H8ClFN2O2/c1-17-9-3-2-6(12)4-7(9)10-8(13)5-14-11(16)15-10/h2-5H,1H3,(H,14,15,16). The molecule has 2 aromatic rings. The molecular formula is C11H8ClFN2O2. The summed E-state index contributed by atoms with van der Waals surface area (Å²) in [6.07, 6.45) is 0.856. The highest BCUT2D eigenvalue weighted by molar-refractivity contribution is 6.30. The van der Waals surface area contributed by atoms with Crippen LogP contribution in [-0.2, 0) is 0 Å². The quantitative estimate of drug-likeness (QED) is 0.894. The van der Waals surface area contributed by atoms with E-state index in [2.05, 4.69) is 9.97 Å². The molecule has 1 aromatic carbocycles. The monoisotopic (exact) mass is 254 g/mol. The van der Waals surface area contributed by atoms with Crippen molar-refractivity contribution in [1.82, 2.24) is 9.97 Å². The minimum absolute atomic E-state index is 0.00403. The third-order valence-corrected chi connectivity index (χ3v) is 2.43. The Morgan fingerprint density at radius 2 is 2.24 bits per heavy atom. The van der Waals surface area contributed by atoms with E-state index >= 15 is 0 Å². The Bertz CT molecular complexity index is 613. The number of aromatic nitrogens is 2. The van der Waals surface area contributed by atoms with Gasteiger partial charge in [0.15, 0.2) is 5.82 Å². The summed E-state index contributed by atoms with van der Waals surface area (Å²) in [7, 11) is 1.45. The summed E-state index contributed by atoms with van der Waals surface area (Å²) in [5.74, 6) is -0.236. The molecule has 6 heteroatoms. The molecule has 0 bridgehead atoms. The molecular weight excluding hydrogens is 247 g/mol. The number of nitrogens with one attached hydrogen (secondary N) is 1. The first-order chi connectivity index (χ1) is 8.11. The zero-order valence-corrected chi connectivity index (χ0v) is 9.58. The van der Waals surface area contributed by atoms with E-state index in [1.807, 2.05) is 0 Å². The summed E-state index contributed by atoms with van der Waals surface area (Å²) in [5, 5.41) is 0.415. The van der Waals surface area contributed by atoms with Gasteiger partial charge in [0.05, 0.1) is 19.0 Å². The van der Waals surface area contributed by atoms with Crippen LogP contribution < -0.4 is 10.4 Å². The topological polar surface area (TPSA) is 55.0 Å². The molecule has 0 saturated heterocycles. The van der Waals surface area contributed by atoms with Crippen LogP contribution >= 0.6 is 11.6 Å². The van der Waals surface area contributed by atoms with Gasteiger partial charge in [0, 0.05) is 10.6 Å². The molecule has 0 fully saturated rings. The molecule has 4 nitrogen and oxygen atoms in total. The van der Waals surface area contributed by atoms with Gasteiger partial charge in [-0.25, -0.2) is 9.18 Å². The van der Waals surface area contributed by atoms with Gasteiger partial charge >= 0.3 is 5.69 Å². The molecule has 1 aromatic heterocycles. The molecule has 0 atom stereocenters. The van der Waals surface area contributed by atoms with Crippen LogP contribution in [0.15, 0.2) is 29.2 Å². The number of hydrogen-bond donors (Lipinski definition) is 1. The van der Waals surface area contributed by atoms with E-state index in [9.17, 15) is 9.18 Å². The maximum absolute atomic E-state index is 13.6. The fourth-order valence-electron chi connectivity index (χ4n) is 1.45. The SMILES string of the molecule is COc1ccc(Cl)cc1-c1[nH]c(=O)ncc1F. The average Bonchev–Trinajstić information content (AvgIpc) is 2.32. The van der Waals surface area contributed by atoms with Crippen LogP contribution in [-0.4, -0.2) is 17.1 Å². The van der Waals surface area contributed by atoms with E-state index in [1.54, 1.807) is 12.1 Å². The van der Waals surface area contributed by atoms with Crippen molar-refractivity contribution in [2.24, 2.45) is 0 Å². The number of halogens is 2. The van der Waals surface area contributed by atoms with E-state index in [4.69, 9.17) is 16.3 Å². The first kappa shape index (κ1) is 11.6. The van der Waals surface area contributed by atoms with Crippen molar-refractivity contribution < 1.29 is 9.13 Å². The minimum Gasteiger partial charge on any atom is -0.496 e. The molecule has 0 unspecified atom stereocenters. The second-order valence-corrected chi connectivity index (χ2v) is 3.69. The van der Waals surface area contributed by atoms with Gasteiger partial charge in [0.25, 0.3) is 0 Å². The lowest BCUT2D eigenvalue weighted by atomic mass is 10.1. The molecule has 0 spiro atoms. The third kappa shape index (κ3) is 2.29. The second-order valence-electron chi connectivity index (χ2n) is 3.26. The van der Waals surface area contributed by atoms with E-state index < -0.39 is 11.5 Å². The molecule has 88 valence electrons. The molecule has 0 aliphatic carbocycles. The van der Waals surface area contributed by atoms with Gasteiger partial charge in [-0.1, -0.05) is 11.6 Å². The van der Waals surface area contributed by atoms with Crippen LogP contribution in [0.5, 0.6) is 5.75 Å². The van der Waals surface area contributed by atoms with Gasteiger partial charge in [-0.2, -0.15) is 4.98 Å². The molecule has 0 amide bonds. The summed E-state index contributed by atoms with van der Waals surface area (Å²) in [5.41, 5.74) is -0.259. The highest BCUT2D eigenvalue weighted by atomic mass is 35.5. The van der Waals surface area contributed by atoms with E-state index in [-0.39, 0.29) is 5.69 Å². The highest BCUT2D eigenvalue weighted by Crippen LogP contribution is 2.31. The van der Waals surface area contributed by atoms with Gasteiger partial charge in [0.2, 0.25) is 0 Å². The zero-order valence-electron chi connectivity index (χ0n) is 8.83. The Morgan fingerprint density at radius 3 is 2.94 bits per heavy atom. The van der Waals surface area contributed by atoms with Crippen LogP contribution in [0, 0.1) is 5.82 Å². The smallest absolute Gasteiger partial charge is 0.345 e. The van der Waals surface area contributed by atoms with Crippen LogP contribution in [0.2, 0.25) is 5.02 Å². The molecule has 1 heterocycles. The number of nitrogens with zero attached hydrogens (tertiary/aromatic N) is 1. The molecule has 0 aliphatic rings. The van der Waals surface area contributed by atoms with Crippen LogP contribution in [0.25, 0.3) is 11.3 Å². The number of aromatic amines is 1. The van der Waals surface area contributed by atoms with Crippen molar-refractivity contribution in [3.63, 3.8) is 0 Å². The van der Waals surface area contributed by atoms with Crippen LogP contribution in [0.4, 0.5) is 4.39 Å². The third-order valence-electron chi connectivity index (χ3n) is 2.20. The minimum atomic E-state index is -0.648. The van der Waals surface area contributed by atoms with E-state index in [0.717, 1.165) is 6.20 Å². The normalized spacial score (nSPS) is 10.3. The summed E-state index contributed by atoms with van der Waals surface area (Å²) in [6, 6.07) is 4.71. The fraction of sp³-hybridized carbons (Fsp3) is 0.0909. The Labute approximate surface area is 101 Å². The highest BCUT2D eigenvalue weighted by Gasteiger charge is 2.12. The number of H-pyrrole nitrogens is 1. The lowest BCUT2D eigenvalue weighted by Crippen LogP contribution is -2.12. The van der Waals surface area contributed by atoms with Gasteiger partial charge < -0.3 is 9.72 Å². The second kappa shape index (κ2) is 4.55. The van der Waals surface area contributed by atoms with Crippen molar-refractivity contribution >= 4 is 11.6 Å². The van der Waals surface area contributed by atoms with Crippen molar-refractivity contribution in [1.29, 1.82) is 0 Å². The largest absolute Gasteiger partial charge is 0.496 e. The zero-order chi connectivity index (χ0) is 12.4. The molecule has 0 aliphatic heterocycles. The maximum Gasteiger partial charge on any atom is 0.345 e.